The molecule has 0 spiro atoms. The standard InChI is InChI=1S/C21H25NO3/c23-16-21-9-10-24-14-18(21)13-22(15-21)12-17-5-4-8-20(11-17)25-19-6-2-1-3-7-19/h1-8,11,18,23H,9-10,12-16H2/t18-,21-/m1/s1. The highest BCUT2D eigenvalue weighted by molar-refractivity contribution is 5.33. The SMILES string of the molecule is OC[C@]12CCOC[C@H]1CN(Cc1cccc(Oc3ccccc3)c1)C2. The van der Waals surface area contributed by atoms with Crippen LogP contribution in [0.4, 0.5) is 0 Å². The average molecular weight is 339 g/mol. The van der Waals surface area contributed by atoms with Gasteiger partial charge in [-0.15, -0.1) is 0 Å². The lowest BCUT2D eigenvalue weighted by molar-refractivity contribution is -0.0417. The lowest BCUT2D eigenvalue weighted by Crippen LogP contribution is -2.41. The molecule has 0 amide bonds. The van der Waals surface area contributed by atoms with Crippen LogP contribution >= 0.6 is 0 Å². The first kappa shape index (κ1) is 16.6. The molecule has 2 saturated heterocycles. The third-order valence-corrected chi connectivity index (χ3v) is 5.54. The van der Waals surface area contributed by atoms with E-state index in [1.807, 2.05) is 42.5 Å². The van der Waals surface area contributed by atoms with Gasteiger partial charge in [0.1, 0.15) is 11.5 Å². The van der Waals surface area contributed by atoms with Crippen molar-refractivity contribution < 1.29 is 14.6 Å². The van der Waals surface area contributed by atoms with E-state index >= 15 is 0 Å². The van der Waals surface area contributed by atoms with Gasteiger partial charge in [-0.25, -0.2) is 0 Å². The Bertz CT molecular complexity index is 705. The third kappa shape index (κ3) is 3.56. The zero-order valence-electron chi connectivity index (χ0n) is 14.4. The summed E-state index contributed by atoms with van der Waals surface area (Å²) < 4.78 is 11.6. The number of aliphatic hydroxyl groups excluding tert-OH is 1. The van der Waals surface area contributed by atoms with Crippen molar-refractivity contribution in [1.29, 1.82) is 0 Å². The summed E-state index contributed by atoms with van der Waals surface area (Å²) >= 11 is 0. The van der Waals surface area contributed by atoms with Gasteiger partial charge in [0.25, 0.3) is 0 Å². The maximum absolute atomic E-state index is 9.94. The van der Waals surface area contributed by atoms with Gasteiger partial charge in [0.2, 0.25) is 0 Å². The van der Waals surface area contributed by atoms with Crippen LogP contribution in [0.25, 0.3) is 0 Å². The fraction of sp³-hybridized carbons (Fsp3) is 0.429. The van der Waals surface area contributed by atoms with Gasteiger partial charge in [0, 0.05) is 37.6 Å². The second kappa shape index (κ2) is 7.16. The van der Waals surface area contributed by atoms with Crippen LogP contribution in [0.15, 0.2) is 54.6 Å². The molecule has 4 nitrogen and oxygen atoms in total. The molecular weight excluding hydrogens is 314 g/mol. The number of aliphatic hydroxyl groups is 1. The Hall–Kier alpha value is -1.88. The van der Waals surface area contributed by atoms with Crippen molar-refractivity contribution in [3.63, 3.8) is 0 Å². The Morgan fingerprint density at radius 3 is 2.76 bits per heavy atom. The van der Waals surface area contributed by atoms with Gasteiger partial charge >= 0.3 is 0 Å². The minimum absolute atomic E-state index is 0.0242. The molecule has 0 bridgehead atoms. The zero-order chi connectivity index (χ0) is 17.1. The average Bonchev–Trinajstić information content (AvgIpc) is 3.01. The summed E-state index contributed by atoms with van der Waals surface area (Å²) in [6.07, 6.45) is 0.960. The Balaban J connectivity index is 1.44. The minimum atomic E-state index is 0.0242. The highest BCUT2D eigenvalue weighted by Crippen LogP contribution is 2.42. The van der Waals surface area contributed by atoms with E-state index in [0.717, 1.165) is 50.8 Å². The van der Waals surface area contributed by atoms with Crippen LogP contribution in [0, 0.1) is 11.3 Å². The summed E-state index contributed by atoms with van der Waals surface area (Å²) in [5.41, 5.74) is 1.26. The second-order valence-electron chi connectivity index (χ2n) is 7.27. The number of fused-ring (bicyclic) bond motifs is 1. The Morgan fingerprint density at radius 2 is 1.96 bits per heavy atom. The van der Waals surface area contributed by atoms with Gasteiger partial charge in [-0.1, -0.05) is 30.3 Å². The van der Waals surface area contributed by atoms with Crippen LogP contribution in [0.3, 0.4) is 0 Å². The van der Waals surface area contributed by atoms with Gasteiger partial charge in [-0.2, -0.15) is 0 Å². The number of rotatable bonds is 5. The monoisotopic (exact) mass is 339 g/mol. The molecule has 0 unspecified atom stereocenters. The molecule has 2 aromatic rings. The molecule has 132 valence electrons. The fourth-order valence-corrected chi connectivity index (χ4v) is 4.13. The first-order valence-corrected chi connectivity index (χ1v) is 9.00. The van der Waals surface area contributed by atoms with Gasteiger partial charge in [0.05, 0.1) is 13.2 Å². The summed E-state index contributed by atoms with van der Waals surface area (Å²) in [6.45, 7) is 4.62. The lowest BCUT2D eigenvalue weighted by atomic mass is 9.75. The molecule has 0 radical (unpaired) electrons. The summed E-state index contributed by atoms with van der Waals surface area (Å²) in [7, 11) is 0. The molecule has 0 aliphatic carbocycles. The van der Waals surface area contributed by atoms with Crippen molar-refractivity contribution in [3.8, 4) is 11.5 Å². The second-order valence-corrected chi connectivity index (χ2v) is 7.27. The highest BCUT2D eigenvalue weighted by Gasteiger charge is 2.47. The number of ether oxygens (including phenoxy) is 2. The van der Waals surface area contributed by atoms with E-state index in [9.17, 15) is 5.11 Å². The molecule has 2 fully saturated rings. The molecule has 4 heteroatoms. The molecule has 0 saturated carbocycles. The maximum atomic E-state index is 9.94. The zero-order valence-corrected chi connectivity index (χ0v) is 14.4. The number of benzene rings is 2. The first-order chi connectivity index (χ1) is 12.3. The van der Waals surface area contributed by atoms with Crippen LogP contribution < -0.4 is 4.74 Å². The molecular formula is C21H25NO3. The number of para-hydroxylation sites is 1. The van der Waals surface area contributed by atoms with Crippen molar-refractivity contribution in [2.45, 2.75) is 13.0 Å². The van der Waals surface area contributed by atoms with Crippen LogP contribution in [0.2, 0.25) is 0 Å². The molecule has 2 atom stereocenters. The van der Waals surface area contributed by atoms with E-state index in [4.69, 9.17) is 9.47 Å². The number of hydrogen-bond donors (Lipinski definition) is 1. The van der Waals surface area contributed by atoms with Crippen molar-refractivity contribution in [2.24, 2.45) is 11.3 Å². The van der Waals surface area contributed by atoms with Crippen molar-refractivity contribution >= 4 is 0 Å². The predicted molar refractivity (Wildman–Crippen MR) is 96.7 cm³/mol. The molecule has 0 aromatic heterocycles. The predicted octanol–water partition coefficient (Wildman–Crippen LogP) is 3.31. The summed E-state index contributed by atoms with van der Waals surface area (Å²) in [5.74, 6) is 2.15. The fourth-order valence-electron chi connectivity index (χ4n) is 4.13. The maximum Gasteiger partial charge on any atom is 0.127 e. The first-order valence-electron chi connectivity index (χ1n) is 9.00. The van der Waals surface area contributed by atoms with Crippen LogP contribution in [0.1, 0.15) is 12.0 Å². The quantitative estimate of drug-likeness (QED) is 0.907. The number of nitrogens with zero attached hydrogens (tertiary/aromatic N) is 1. The molecule has 2 aliphatic rings. The Labute approximate surface area is 149 Å². The minimum Gasteiger partial charge on any atom is -0.457 e. The summed E-state index contributed by atoms with van der Waals surface area (Å²) in [5, 5.41) is 9.94. The molecule has 2 heterocycles. The van der Waals surface area contributed by atoms with Crippen molar-refractivity contribution in [2.75, 3.05) is 32.9 Å². The smallest absolute Gasteiger partial charge is 0.127 e. The lowest BCUT2D eigenvalue weighted by Gasteiger charge is -2.36. The molecule has 1 N–H and O–H groups in total. The van der Waals surface area contributed by atoms with Gasteiger partial charge in [-0.05, 0) is 36.2 Å². The summed E-state index contributed by atoms with van der Waals surface area (Å²) in [6, 6.07) is 18.1. The third-order valence-electron chi connectivity index (χ3n) is 5.54. The number of hydrogen-bond acceptors (Lipinski definition) is 4. The Morgan fingerprint density at radius 1 is 1.12 bits per heavy atom. The van der Waals surface area contributed by atoms with E-state index in [-0.39, 0.29) is 12.0 Å². The van der Waals surface area contributed by atoms with Gasteiger partial charge in [0.15, 0.2) is 0 Å². The van der Waals surface area contributed by atoms with Crippen LogP contribution in [0.5, 0.6) is 11.5 Å². The molecule has 4 rings (SSSR count). The Kier molecular flexibility index (Phi) is 4.75. The van der Waals surface area contributed by atoms with E-state index in [1.54, 1.807) is 0 Å². The highest BCUT2D eigenvalue weighted by atomic mass is 16.5. The van der Waals surface area contributed by atoms with Gasteiger partial charge < -0.3 is 14.6 Å². The van der Waals surface area contributed by atoms with E-state index in [2.05, 4.69) is 17.0 Å². The molecule has 2 aromatic carbocycles. The van der Waals surface area contributed by atoms with E-state index in [0.29, 0.717) is 5.92 Å². The topological polar surface area (TPSA) is 41.9 Å². The van der Waals surface area contributed by atoms with Crippen LogP contribution in [-0.2, 0) is 11.3 Å². The van der Waals surface area contributed by atoms with E-state index in [1.165, 1.54) is 5.56 Å². The van der Waals surface area contributed by atoms with Crippen molar-refractivity contribution in [3.05, 3.63) is 60.2 Å². The summed E-state index contributed by atoms with van der Waals surface area (Å²) in [4.78, 5) is 2.44. The largest absolute Gasteiger partial charge is 0.457 e. The molecule has 25 heavy (non-hydrogen) atoms. The van der Waals surface area contributed by atoms with Crippen molar-refractivity contribution in [1.82, 2.24) is 4.90 Å². The van der Waals surface area contributed by atoms with Gasteiger partial charge in [-0.3, -0.25) is 4.90 Å². The molecule has 2 aliphatic heterocycles. The van der Waals surface area contributed by atoms with E-state index < -0.39 is 0 Å². The normalized spacial score (nSPS) is 26.4. The van der Waals surface area contributed by atoms with Crippen LogP contribution in [-0.4, -0.2) is 42.9 Å². The number of likely N-dealkylation sites (tertiary alicyclic amines) is 1.